The third-order valence-electron chi connectivity index (χ3n) is 3.45. The second kappa shape index (κ2) is 8.63. The molecule has 1 atom stereocenters. The molecular formula is C15H23NO7S2. The number of sulfone groups is 1. The Morgan fingerprint density at radius 2 is 1.72 bits per heavy atom. The van der Waals surface area contributed by atoms with E-state index in [2.05, 4.69) is 4.72 Å². The number of hydrogen-bond donors (Lipinski definition) is 2. The molecule has 0 fully saturated rings. The Hall–Kier alpha value is -1.65. The lowest BCUT2D eigenvalue weighted by atomic mass is 10.1. The number of rotatable bonds is 10. The number of hydrogen-bond acceptors (Lipinski definition) is 6. The summed E-state index contributed by atoms with van der Waals surface area (Å²) in [5.74, 6) is -1.45. The Morgan fingerprint density at radius 3 is 2.16 bits per heavy atom. The molecule has 0 amide bonds. The van der Waals surface area contributed by atoms with Crippen molar-refractivity contribution >= 4 is 25.8 Å². The van der Waals surface area contributed by atoms with E-state index in [0.717, 1.165) is 0 Å². The Labute approximate surface area is 148 Å². The van der Waals surface area contributed by atoms with Crippen LogP contribution >= 0.6 is 0 Å². The van der Waals surface area contributed by atoms with Crippen LogP contribution in [0.1, 0.15) is 20.8 Å². The first-order valence-corrected chi connectivity index (χ1v) is 11.0. The highest BCUT2D eigenvalue weighted by Crippen LogP contribution is 2.17. The van der Waals surface area contributed by atoms with Crippen LogP contribution in [0.3, 0.4) is 0 Å². The van der Waals surface area contributed by atoms with E-state index >= 15 is 0 Å². The molecule has 1 aromatic carbocycles. The van der Waals surface area contributed by atoms with Gasteiger partial charge in [0.05, 0.1) is 10.6 Å². The fourth-order valence-corrected chi connectivity index (χ4v) is 3.82. The maximum atomic E-state index is 12.3. The van der Waals surface area contributed by atoms with E-state index in [1.54, 1.807) is 20.8 Å². The third kappa shape index (κ3) is 6.63. The van der Waals surface area contributed by atoms with Crippen molar-refractivity contribution in [1.29, 1.82) is 0 Å². The number of carboxylic acids is 1. The summed E-state index contributed by atoms with van der Waals surface area (Å²) in [5.41, 5.74) is 0. The molecular weight excluding hydrogens is 370 g/mol. The monoisotopic (exact) mass is 393 g/mol. The molecule has 0 unspecified atom stereocenters. The van der Waals surface area contributed by atoms with Crippen molar-refractivity contribution in [3.05, 3.63) is 24.3 Å². The molecule has 1 rings (SSSR count). The first-order valence-electron chi connectivity index (χ1n) is 7.67. The number of carboxylic acid groups (broad SMARTS) is 1. The van der Waals surface area contributed by atoms with Crippen LogP contribution in [-0.2, 0) is 24.7 Å². The van der Waals surface area contributed by atoms with E-state index in [9.17, 15) is 21.6 Å². The van der Waals surface area contributed by atoms with Crippen molar-refractivity contribution in [3.63, 3.8) is 0 Å². The highest BCUT2D eigenvalue weighted by Gasteiger charge is 2.27. The minimum absolute atomic E-state index is 0.0276. The smallest absolute Gasteiger partial charge is 0.322 e. The SMILES string of the molecule is CCS(=O)(=O)CCOc1ccc(S(=O)(=O)N[C@@H](C(=O)O)C(C)C)cc1. The molecule has 1 aromatic rings. The van der Waals surface area contributed by atoms with Crippen LogP contribution in [-0.4, -0.2) is 52.1 Å². The van der Waals surface area contributed by atoms with Crippen LogP contribution in [0.25, 0.3) is 0 Å². The lowest BCUT2D eigenvalue weighted by Gasteiger charge is -2.18. The quantitative estimate of drug-likeness (QED) is 0.604. The van der Waals surface area contributed by atoms with Crippen molar-refractivity contribution < 1.29 is 31.5 Å². The van der Waals surface area contributed by atoms with Gasteiger partial charge in [0, 0.05) is 5.75 Å². The van der Waals surface area contributed by atoms with Gasteiger partial charge < -0.3 is 9.84 Å². The molecule has 0 aliphatic rings. The Balaban J connectivity index is 2.79. The van der Waals surface area contributed by atoms with E-state index in [1.807, 2.05) is 0 Å². The van der Waals surface area contributed by atoms with Gasteiger partial charge in [-0.1, -0.05) is 20.8 Å². The van der Waals surface area contributed by atoms with Gasteiger partial charge in [0.15, 0.2) is 9.84 Å². The van der Waals surface area contributed by atoms with Crippen molar-refractivity contribution in [1.82, 2.24) is 4.72 Å². The van der Waals surface area contributed by atoms with Gasteiger partial charge in [-0.2, -0.15) is 4.72 Å². The van der Waals surface area contributed by atoms with E-state index < -0.39 is 37.8 Å². The van der Waals surface area contributed by atoms with E-state index in [1.165, 1.54) is 24.3 Å². The Bertz CT molecular complexity index is 784. The molecule has 10 heteroatoms. The lowest BCUT2D eigenvalue weighted by molar-refractivity contribution is -0.140. The minimum atomic E-state index is -4.00. The van der Waals surface area contributed by atoms with Crippen LogP contribution in [0.2, 0.25) is 0 Å². The maximum absolute atomic E-state index is 12.3. The topological polar surface area (TPSA) is 127 Å². The Kier molecular flexibility index (Phi) is 7.39. The van der Waals surface area contributed by atoms with Gasteiger partial charge in [0.25, 0.3) is 0 Å². The predicted molar refractivity (Wildman–Crippen MR) is 92.8 cm³/mol. The van der Waals surface area contributed by atoms with Crippen molar-refractivity contribution in [2.45, 2.75) is 31.7 Å². The molecule has 0 spiro atoms. The summed E-state index contributed by atoms with van der Waals surface area (Å²) in [6, 6.07) is 4.08. The number of benzene rings is 1. The second-order valence-electron chi connectivity index (χ2n) is 5.74. The van der Waals surface area contributed by atoms with Gasteiger partial charge in [0.1, 0.15) is 18.4 Å². The largest absolute Gasteiger partial charge is 0.493 e. The number of nitrogens with one attached hydrogen (secondary N) is 1. The van der Waals surface area contributed by atoms with Crippen LogP contribution in [0, 0.1) is 5.92 Å². The molecule has 0 heterocycles. The van der Waals surface area contributed by atoms with Gasteiger partial charge in [-0.15, -0.1) is 0 Å². The minimum Gasteiger partial charge on any atom is -0.493 e. The Morgan fingerprint density at radius 1 is 1.16 bits per heavy atom. The molecule has 0 aliphatic heterocycles. The fourth-order valence-electron chi connectivity index (χ4n) is 1.85. The van der Waals surface area contributed by atoms with Crippen molar-refractivity contribution in [2.24, 2.45) is 5.92 Å². The molecule has 0 aromatic heterocycles. The highest BCUT2D eigenvalue weighted by atomic mass is 32.2. The summed E-state index contributed by atoms with van der Waals surface area (Å²) in [7, 11) is -7.13. The van der Waals surface area contributed by atoms with E-state index in [-0.39, 0.29) is 23.0 Å². The van der Waals surface area contributed by atoms with Crippen LogP contribution < -0.4 is 9.46 Å². The number of sulfonamides is 1. The molecule has 0 bridgehead atoms. The zero-order valence-corrected chi connectivity index (χ0v) is 15.9. The maximum Gasteiger partial charge on any atom is 0.322 e. The summed E-state index contributed by atoms with van der Waals surface area (Å²) >= 11 is 0. The predicted octanol–water partition coefficient (Wildman–Crippen LogP) is 0.888. The zero-order valence-electron chi connectivity index (χ0n) is 14.3. The number of ether oxygens (including phenoxy) is 1. The second-order valence-corrected chi connectivity index (χ2v) is 9.92. The van der Waals surface area contributed by atoms with Gasteiger partial charge >= 0.3 is 5.97 Å². The standard InChI is InChI=1S/C15H23NO7S2/c1-4-24(19,20)10-9-23-12-5-7-13(8-6-12)25(21,22)16-14(11(2)3)15(17)18/h5-8,11,14,16H,4,9-10H2,1-3H3,(H,17,18)/t14-/m1/s1. The zero-order chi connectivity index (χ0) is 19.3. The van der Waals surface area contributed by atoms with Gasteiger partial charge in [-0.05, 0) is 30.2 Å². The van der Waals surface area contributed by atoms with Crippen LogP contribution in [0.4, 0.5) is 0 Å². The summed E-state index contributed by atoms with van der Waals surface area (Å²) in [6.45, 7) is 4.71. The average molecular weight is 393 g/mol. The summed E-state index contributed by atoms with van der Waals surface area (Å²) in [5, 5.41) is 9.09. The molecule has 0 aliphatic carbocycles. The van der Waals surface area contributed by atoms with Crippen molar-refractivity contribution in [2.75, 3.05) is 18.1 Å². The van der Waals surface area contributed by atoms with Gasteiger partial charge in [0.2, 0.25) is 10.0 Å². The first kappa shape index (κ1) is 21.4. The molecule has 8 nitrogen and oxygen atoms in total. The molecule has 2 N–H and O–H groups in total. The molecule has 142 valence electrons. The fraction of sp³-hybridized carbons (Fsp3) is 0.533. The summed E-state index contributed by atoms with van der Waals surface area (Å²) < 4.78 is 54.7. The van der Waals surface area contributed by atoms with E-state index in [4.69, 9.17) is 9.84 Å². The molecule has 0 saturated carbocycles. The highest BCUT2D eigenvalue weighted by molar-refractivity contribution is 7.91. The van der Waals surface area contributed by atoms with Crippen molar-refractivity contribution in [3.8, 4) is 5.75 Å². The van der Waals surface area contributed by atoms with Crippen LogP contribution in [0.5, 0.6) is 5.75 Å². The van der Waals surface area contributed by atoms with Crippen LogP contribution in [0.15, 0.2) is 29.2 Å². The number of carbonyl (C=O) groups is 1. The summed E-state index contributed by atoms with van der Waals surface area (Å²) in [4.78, 5) is 11.0. The number of aliphatic carboxylic acids is 1. The lowest BCUT2D eigenvalue weighted by Crippen LogP contribution is -2.44. The van der Waals surface area contributed by atoms with Gasteiger partial charge in [-0.25, -0.2) is 16.8 Å². The average Bonchev–Trinajstić information content (AvgIpc) is 2.52. The molecule has 0 saturated heterocycles. The third-order valence-corrected chi connectivity index (χ3v) is 6.58. The first-order chi connectivity index (χ1) is 11.5. The summed E-state index contributed by atoms with van der Waals surface area (Å²) in [6.07, 6.45) is 0. The van der Waals surface area contributed by atoms with E-state index in [0.29, 0.717) is 5.75 Å². The van der Waals surface area contributed by atoms with Gasteiger partial charge in [-0.3, -0.25) is 4.79 Å². The molecule has 25 heavy (non-hydrogen) atoms. The normalized spacial score (nSPS) is 13.6. The molecule has 0 radical (unpaired) electrons.